The number of aryl methyl sites for hydroxylation is 3. The third kappa shape index (κ3) is 5.42. The van der Waals surface area contributed by atoms with Crippen molar-refractivity contribution in [2.45, 2.75) is 45.9 Å². The molecule has 2 aliphatic heterocycles. The van der Waals surface area contributed by atoms with Crippen LogP contribution in [0.1, 0.15) is 24.5 Å². The first-order valence-corrected chi connectivity index (χ1v) is 15.0. The Hall–Kier alpha value is -2.99. The van der Waals surface area contributed by atoms with E-state index in [0.717, 1.165) is 27.8 Å². The van der Waals surface area contributed by atoms with E-state index in [1.165, 1.54) is 11.1 Å². The normalized spacial score (nSPS) is 19.4. The second-order valence-electron chi connectivity index (χ2n) is 9.84. The number of hydrogen-bond acceptors (Lipinski definition) is 5. The van der Waals surface area contributed by atoms with Gasteiger partial charge >= 0.3 is 5.97 Å². The van der Waals surface area contributed by atoms with Crippen LogP contribution in [0.2, 0.25) is 0 Å². The molecule has 6 nitrogen and oxygen atoms in total. The molecule has 2 aliphatic rings. The largest absolute Gasteiger partial charge is 0.430 e. The van der Waals surface area contributed by atoms with Crippen molar-refractivity contribution in [3.63, 3.8) is 0 Å². The fourth-order valence-electron chi connectivity index (χ4n) is 5.25. The number of rotatable bonds is 9. The summed E-state index contributed by atoms with van der Waals surface area (Å²) >= 11 is 1.60. The van der Waals surface area contributed by atoms with Crippen molar-refractivity contribution in [2.24, 2.45) is 5.92 Å². The second kappa shape index (κ2) is 11.4. The third-order valence-electron chi connectivity index (χ3n) is 6.86. The van der Waals surface area contributed by atoms with Crippen molar-refractivity contribution in [1.29, 1.82) is 0 Å². The van der Waals surface area contributed by atoms with E-state index in [1.807, 2.05) is 60.7 Å². The van der Waals surface area contributed by atoms with Gasteiger partial charge in [0.1, 0.15) is 5.70 Å². The van der Waals surface area contributed by atoms with Crippen molar-refractivity contribution in [3.8, 4) is 0 Å². The van der Waals surface area contributed by atoms with Crippen molar-refractivity contribution in [2.75, 3.05) is 5.75 Å². The summed E-state index contributed by atoms with van der Waals surface area (Å²) in [6.07, 6.45) is 4.02. The molecule has 3 atom stereocenters. The molecular formula is C30H32N2O4PS+. The van der Waals surface area contributed by atoms with Gasteiger partial charge in [-0.3, -0.25) is 4.79 Å². The molecule has 2 unspecified atom stereocenters. The first kappa shape index (κ1) is 26.6. The molecule has 0 radical (unpaired) electrons. The van der Waals surface area contributed by atoms with Gasteiger partial charge in [-0.25, -0.2) is 9.36 Å². The number of carbonyl (C=O) groups excluding carboxylic acids is 2. The Morgan fingerprint density at radius 3 is 2.21 bits per heavy atom. The summed E-state index contributed by atoms with van der Waals surface area (Å²) in [7, 11) is -1.41. The summed E-state index contributed by atoms with van der Waals surface area (Å²) in [4.78, 5) is 29.3. The van der Waals surface area contributed by atoms with E-state index in [0.29, 0.717) is 12.1 Å². The van der Waals surface area contributed by atoms with E-state index >= 15 is 0 Å². The third-order valence-corrected chi connectivity index (χ3v) is 9.83. The van der Waals surface area contributed by atoms with E-state index in [2.05, 4.69) is 36.9 Å². The zero-order valence-corrected chi connectivity index (χ0v) is 23.5. The Balaban J connectivity index is 1.41. The maximum atomic E-state index is 13.8. The summed E-state index contributed by atoms with van der Waals surface area (Å²) in [6.45, 7) is 6.57. The highest BCUT2D eigenvalue weighted by molar-refractivity contribution is 8.03. The predicted octanol–water partition coefficient (Wildman–Crippen LogP) is 3.74. The second-order valence-corrected chi connectivity index (χ2v) is 12.8. The van der Waals surface area contributed by atoms with Gasteiger partial charge in [0.15, 0.2) is 27.1 Å². The van der Waals surface area contributed by atoms with Gasteiger partial charge in [-0.15, -0.1) is 11.8 Å². The summed E-state index contributed by atoms with van der Waals surface area (Å²) in [5, 5.41) is 12.1. The minimum Gasteiger partial charge on any atom is -0.430 e. The van der Waals surface area contributed by atoms with Crippen LogP contribution in [0.4, 0.5) is 0 Å². The van der Waals surface area contributed by atoms with Crippen molar-refractivity contribution in [3.05, 3.63) is 101 Å². The van der Waals surface area contributed by atoms with Crippen LogP contribution < -0.4 is 15.2 Å². The van der Waals surface area contributed by atoms with Gasteiger partial charge in [0.05, 0.1) is 23.8 Å². The highest BCUT2D eigenvalue weighted by Crippen LogP contribution is 2.48. The maximum Gasteiger partial charge on any atom is 0.359 e. The summed E-state index contributed by atoms with van der Waals surface area (Å²) in [5.41, 5.74) is 2.74. The van der Waals surface area contributed by atoms with Gasteiger partial charge in [0.25, 0.3) is 0 Å². The van der Waals surface area contributed by atoms with Crippen LogP contribution in [0.25, 0.3) is 0 Å². The van der Waals surface area contributed by atoms with Crippen LogP contribution in [0.15, 0.2) is 89.7 Å². The molecule has 1 amide bonds. The van der Waals surface area contributed by atoms with Crippen molar-refractivity contribution >= 4 is 42.4 Å². The lowest BCUT2D eigenvalue weighted by atomic mass is 9.83. The van der Waals surface area contributed by atoms with Gasteiger partial charge in [-0.05, 0) is 26.8 Å². The standard InChI is InChI=1S/C30H32N2O4PS/c1-20-16-21(2)19-31(18-20)14-15-38-26-17-25-27(22(3)33)29(34)32(25)28(26)30(35)36-37(23-10-6-4-7-11-23)24-12-8-5-9-13-24/h4-13,16,18-19,22,25,27,33H,14-15,17H2,1-3H3/q+1/t22-,25?,27?/m1/s1. The molecule has 0 spiro atoms. The highest BCUT2D eigenvalue weighted by Gasteiger charge is 2.57. The number of carbonyl (C=O) groups is 2. The molecule has 8 heteroatoms. The Morgan fingerprint density at radius 1 is 1.08 bits per heavy atom. The molecule has 1 saturated heterocycles. The lowest BCUT2D eigenvalue weighted by molar-refractivity contribution is -0.693. The molecule has 0 aliphatic carbocycles. The van der Waals surface area contributed by atoms with Crippen LogP contribution in [0, 0.1) is 19.8 Å². The fourth-order valence-corrected chi connectivity index (χ4v) is 8.06. The molecule has 2 aromatic carbocycles. The molecule has 3 heterocycles. The summed E-state index contributed by atoms with van der Waals surface area (Å²) in [6, 6.07) is 21.4. The number of nitrogens with zero attached hydrogens (tertiary/aromatic N) is 2. The average molecular weight is 548 g/mol. The zero-order valence-electron chi connectivity index (χ0n) is 21.8. The zero-order chi connectivity index (χ0) is 26.8. The number of pyridine rings is 1. The maximum absolute atomic E-state index is 13.8. The number of thioether (sulfide) groups is 1. The van der Waals surface area contributed by atoms with E-state index in [-0.39, 0.29) is 11.9 Å². The Bertz CT molecular complexity index is 1300. The van der Waals surface area contributed by atoms with Gasteiger partial charge in [0.2, 0.25) is 5.91 Å². The molecule has 1 aromatic heterocycles. The average Bonchev–Trinajstić information content (AvgIpc) is 3.21. The van der Waals surface area contributed by atoms with Crippen LogP contribution >= 0.6 is 19.9 Å². The van der Waals surface area contributed by atoms with Crippen LogP contribution in [0.5, 0.6) is 0 Å². The van der Waals surface area contributed by atoms with Gasteiger partial charge in [0, 0.05) is 33.1 Å². The molecule has 5 rings (SSSR count). The van der Waals surface area contributed by atoms with Crippen molar-refractivity contribution < 1.29 is 23.8 Å². The number of fused-ring (bicyclic) bond motifs is 1. The van der Waals surface area contributed by atoms with E-state index < -0.39 is 26.1 Å². The first-order valence-electron chi connectivity index (χ1n) is 12.8. The Morgan fingerprint density at radius 2 is 1.66 bits per heavy atom. The fraction of sp³-hybridized carbons (Fsp3) is 0.300. The van der Waals surface area contributed by atoms with Crippen LogP contribution in [-0.4, -0.2) is 39.8 Å². The monoisotopic (exact) mass is 547 g/mol. The summed E-state index contributed by atoms with van der Waals surface area (Å²) < 4.78 is 8.38. The van der Waals surface area contributed by atoms with Gasteiger partial charge in [-0.1, -0.05) is 60.7 Å². The number of hydrogen-bond donors (Lipinski definition) is 1. The Kier molecular flexibility index (Phi) is 7.98. The molecule has 0 saturated carbocycles. The first-order chi connectivity index (χ1) is 18.3. The number of aromatic nitrogens is 1. The van der Waals surface area contributed by atoms with E-state index in [1.54, 1.807) is 23.6 Å². The summed E-state index contributed by atoms with van der Waals surface area (Å²) in [5.74, 6) is -0.431. The number of aliphatic hydroxyl groups excluding tert-OH is 1. The molecular weight excluding hydrogens is 515 g/mol. The Labute approximate surface area is 229 Å². The molecule has 1 fully saturated rings. The van der Waals surface area contributed by atoms with E-state index in [9.17, 15) is 14.7 Å². The molecule has 196 valence electrons. The van der Waals surface area contributed by atoms with Gasteiger partial charge < -0.3 is 14.5 Å². The highest BCUT2D eigenvalue weighted by atomic mass is 32.2. The SMILES string of the molecule is Cc1cc(C)c[n+](CCSC2=C(C(=O)OP(c3ccccc3)c3ccccc3)N3C(=O)C([C@@H](C)O)C3C2)c1. The predicted molar refractivity (Wildman–Crippen MR) is 151 cm³/mol. The minimum absolute atomic E-state index is 0.207. The lowest BCUT2D eigenvalue weighted by Crippen LogP contribution is -2.61. The number of benzene rings is 2. The minimum atomic E-state index is -1.41. The molecule has 1 N–H and O–H groups in total. The number of aliphatic hydroxyl groups is 1. The molecule has 0 bridgehead atoms. The van der Waals surface area contributed by atoms with Crippen LogP contribution in [-0.2, 0) is 20.7 Å². The van der Waals surface area contributed by atoms with Gasteiger partial charge in [-0.2, -0.15) is 0 Å². The van der Waals surface area contributed by atoms with E-state index in [4.69, 9.17) is 4.52 Å². The molecule has 38 heavy (non-hydrogen) atoms. The van der Waals surface area contributed by atoms with Crippen molar-refractivity contribution in [1.82, 2.24) is 4.90 Å². The number of β-lactam (4-membered cyclic amide) rings is 1. The van der Waals surface area contributed by atoms with Crippen LogP contribution in [0.3, 0.4) is 0 Å². The quantitative estimate of drug-likeness (QED) is 0.251. The smallest absolute Gasteiger partial charge is 0.359 e. The number of amides is 1. The molecule has 3 aromatic rings. The lowest BCUT2D eigenvalue weighted by Gasteiger charge is -2.44. The topological polar surface area (TPSA) is 70.7 Å².